The molecule has 0 aliphatic carbocycles. The first kappa shape index (κ1) is 23.6. The number of hydrogen-bond acceptors (Lipinski definition) is 6. The highest BCUT2D eigenvalue weighted by molar-refractivity contribution is 7.99. The first-order chi connectivity index (χ1) is 17.1. The lowest BCUT2D eigenvalue weighted by atomic mass is 10.1. The number of nitrogens with zero attached hydrogens (tertiary/aromatic N) is 3. The van der Waals surface area contributed by atoms with Crippen LogP contribution in [0.5, 0.6) is 17.4 Å². The predicted octanol–water partition coefficient (Wildman–Crippen LogP) is 5.61. The summed E-state index contributed by atoms with van der Waals surface area (Å²) in [5.74, 6) is 3.95. The zero-order valence-corrected chi connectivity index (χ0v) is 20.6. The molecular formula is C27H29FN4O2S. The van der Waals surface area contributed by atoms with Crippen molar-refractivity contribution in [3.8, 4) is 17.4 Å². The fourth-order valence-corrected chi connectivity index (χ4v) is 5.21. The van der Waals surface area contributed by atoms with Crippen molar-refractivity contribution in [3.63, 3.8) is 0 Å². The molecule has 0 amide bonds. The second-order valence-corrected chi connectivity index (χ2v) is 9.91. The molecule has 0 spiro atoms. The highest BCUT2D eigenvalue weighted by Crippen LogP contribution is 2.30. The van der Waals surface area contributed by atoms with Crippen LogP contribution in [0.1, 0.15) is 23.5 Å². The number of fused-ring (bicyclic) bond motifs is 1. The summed E-state index contributed by atoms with van der Waals surface area (Å²) in [4.78, 5) is 14.5. The van der Waals surface area contributed by atoms with Crippen LogP contribution in [0.3, 0.4) is 0 Å². The molecule has 1 saturated heterocycles. The summed E-state index contributed by atoms with van der Waals surface area (Å²) in [5, 5.41) is 0.501. The molecule has 2 aromatic carbocycles. The van der Waals surface area contributed by atoms with E-state index in [1.54, 1.807) is 30.5 Å². The smallest absolute Gasteiger partial charge is 0.222 e. The van der Waals surface area contributed by atoms with E-state index in [2.05, 4.69) is 19.9 Å². The zero-order chi connectivity index (χ0) is 24.0. The molecule has 3 heterocycles. The Labute approximate surface area is 208 Å². The van der Waals surface area contributed by atoms with Gasteiger partial charge in [-0.15, -0.1) is 0 Å². The Kier molecular flexibility index (Phi) is 7.49. The summed E-state index contributed by atoms with van der Waals surface area (Å²) in [5.41, 5.74) is 2.68. The van der Waals surface area contributed by atoms with Gasteiger partial charge in [0.2, 0.25) is 5.88 Å². The van der Waals surface area contributed by atoms with Crippen LogP contribution in [0.25, 0.3) is 10.9 Å². The lowest BCUT2D eigenvalue weighted by molar-refractivity contribution is 0.248. The van der Waals surface area contributed by atoms with Crippen molar-refractivity contribution in [2.45, 2.75) is 19.8 Å². The van der Waals surface area contributed by atoms with E-state index >= 15 is 0 Å². The summed E-state index contributed by atoms with van der Waals surface area (Å²) >= 11 is 2.03. The number of H-pyrrole nitrogens is 1. The number of halogens is 1. The Hall–Kier alpha value is -3.10. The first-order valence-corrected chi connectivity index (χ1v) is 13.1. The van der Waals surface area contributed by atoms with Crippen molar-refractivity contribution >= 4 is 22.7 Å². The number of aromatic nitrogens is 3. The van der Waals surface area contributed by atoms with Gasteiger partial charge in [-0.05, 0) is 49.2 Å². The molecule has 1 aliphatic heterocycles. The maximum absolute atomic E-state index is 14.9. The first-order valence-electron chi connectivity index (χ1n) is 11.9. The van der Waals surface area contributed by atoms with Crippen LogP contribution in [0.15, 0.2) is 54.7 Å². The summed E-state index contributed by atoms with van der Waals surface area (Å²) in [6, 6.07) is 14.8. The number of rotatable bonds is 9. The molecule has 182 valence electrons. The normalized spacial score (nSPS) is 14.3. The van der Waals surface area contributed by atoms with E-state index in [4.69, 9.17) is 9.47 Å². The third-order valence-electron chi connectivity index (χ3n) is 5.98. The van der Waals surface area contributed by atoms with Crippen molar-refractivity contribution in [1.82, 2.24) is 19.9 Å². The molecule has 0 atom stereocenters. The van der Waals surface area contributed by atoms with Crippen LogP contribution in [0, 0.1) is 12.7 Å². The third-order valence-corrected chi connectivity index (χ3v) is 6.93. The monoisotopic (exact) mass is 492 g/mol. The van der Waals surface area contributed by atoms with Crippen molar-refractivity contribution in [2.75, 3.05) is 37.7 Å². The van der Waals surface area contributed by atoms with E-state index in [0.29, 0.717) is 30.1 Å². The summed E-state index contributed by atoms with van der Waals surface area (Å²) in [7, 11) is 0. The topological polar surface area (TPSA) is 63.3 Å². The highest BCUT2D eigenvalue weighted by Gasteiger charge is 2.13. The van der Waals surface area contributed by atoms with Gasteiger partial charge in [0.15, 0.2) is 11.6 Å². The fourth-order valence-electron chi connectivity index (χ4n) is 4.23. The van der Waals surface area contributed by atoms with Crippen molar-refractivity contribution in [2.24, 2.45) is 0 Å². The Balaban J connectivity index is 1.19. The second kappa shape index (κ2) is 11.1. The fraction of sp³-hybridized carbons (Fsp3) is 0.333. The molecule has 8 heteroatoms. The summed E-state index contributed by atoms with van der Waals surface area (Å²) in [6.07, 6.45) is 3.18. The molecule has 1 aliphatic rings. The van der Waals surface area contributed by atoms with Gasteiger partial charge >= 0.3 is 0 Å². The van der Waals surface area contributed by atoms with Gasteiger partial charge in [0.1, 0.15) is 11.6 Å². The van der Waals surface area contributed by atoms with E-state index in [0.717, 1.165) is 35.5 Å². The average molecular weight is 493 g/mol. The van der Waals surface area contributed by atoms with Gasteiger partial charge in [-0.25, -0.2) is 9.37 Å². The van der Waals surface area contributed by atoms with Crippen LogP contribution < -0.4 is 9.47 Å². The molecule has 0 bridgehead atoms. The van der Waals surface area contributed by atoms with Crippen molar-refractivity contribution in [1.29, 1.82) is 0 Å². The molecule has 5 rings (SSSR count). The molecule has 2 aromatic heterocycles. The van der Waals surface area contributed by atoms with Gasteiger partial charge in [0.05, 0.1) is 6.61 Å². The predicted molar refractivity (Wildman–Crippen MR) is 138 cm³/mol. The van der Waals surface area contributed by atoms with Crippen LogP contribution in [-0.4, -0.2) is 57.6 Å². The number of hydrogen-bond donors (Lipinski definition) is 1. The van der Waals surface area contributed by atoms with Crippen LogP contribution in [0.4, 0.5) is 4.39 Å². The minimum atomic E-state index is -0.406. The Bertz CT molecular complexity index is 1290. The molecule has 0 radical (unpaired) electrons. The quantitative estimate of drug-likeness (QED) is 0.307. The molecular weight excluding hydrogens is 463 g/mol. The van der Waals surface area contributed by atoms with E-state index in [1.807, 2.05) is 43.0 Å². The Morgan fingerprint density at radius 2 is 2.00 bits per heavy atom. The Morgan fingerprint density at radius 1 is 1.11 bits per heavy atom. The van der Waals surface area contributed by atoms with Crippen LogP contribution in [0.2, 0.25) is 0 Å². The number of nitrogens with one attached hydrogen (secondary N) is 1. The average Bonchev–Trinajstić information content (AvgIpc) is 3.26. The molecule has 4 aromatic rings. The molecule has 6 nitrogen and oxygen atoms in total. The number of aromatic amines is 1. The standard InChI is InChI=1S/C27H29FN4O2S/c1-19-16-22-23(30-19)6-7-24(27(22)28)34-26-8-9-29-25(31-26)18-20-4-2-5-21(17-20)33-13-3-10-32-11-14-35-15-12-32/h2,4-9,16-17,30H,3,10-15,18H2,1H3. The largest absolute Gasteiger partial charge is 0.494 e. The molecule has 1 N–H and O–H groups in total. The van der Waals surface area contributed by atoms with Crippen LogP contribution >= 0.6 is 11.8 Å². The number of thioether (sulfide) groups is 1. The Morgan fingerprint density at radius 3 is 2.89 bits per heavy atom. The lowest BCUT2D eigenvalue weighted by Crippen LogP contribution is -2.33. The number of ether oxygens (including phenoxy) is 2. The molecule has 35 heavy (non-hydrogen) atoms. The van der Waals surface area contributed by atoms with Gasteiger partial charge in [0.25, 0.3) is 0 Å². The van der Waals surface area contributed by atoms with Crippen molar-refractivity contribution in [3.05, 3.63) is 77.6 Å². The summed E-state index contributed by atoms with van der Waals surface area (Å²) in [6.45, 7) is 6.03. The number of aryl methyl sites for hydroxylation is 1. The molecule has 0 saturated carbocycles. The van der Waals surface area contributed by atoms with Gasteiger partial charge in [-0.1, -0.05) is 12.1 Å². The maximum atomic E-state index is 14.9. The lowest BCUT2D eigenvalue weighted by Gasteiger charge is -2.25. The van der Waals surface area contributed by atoms with E-state index in [9.17, 15) is 4.39 Å². The van der Waals surface area contributed by atoms with Crippen molar-refractivity contribution < 1.29 is 13.9 Å². The van der Waals surface area contributed by atoms with E-state index in [1.165, 1.54) is 24.6 Å². The number of benzene rings is 2. The molecule has 0 unspecified atom stereocenters. The highest BCUT2D eigenvalue weighted by atomic mass is 32.2. The maximum Gasteiger partial charge on any atom is 0.222 e. The third kappa shape index (κ3) is 6.13. The minimum Gasteiger partial charge on any atom is -0.494 e. The van der Waals surface area contributed by atoms with Gasteiger partial charge in [-0.3, -0.25) is 0 Å². The molecule has 1 fully saturated rings. The summed E-state index contributed by atoms with van der Waals surface area (Å²) < 4.78 is 26.6. The SMILES string of the molecule is Cc1cc2c(F)c(Oc3ccnc(Cc4cccc(OCCCN5CCSCC5)c4)n3)ccc2[nH]1. The van der Waals surface area contributed by atoms with Gasteiger partial charge in [-0.2, -0.15) is 16.7 Å². The van der Waals surface area contributed by atoms with E-state index < -0.39 is 5.82 Å². The van der Waals surface area contributed by atoms with E-state index in [-0.39, 0.29) is 5.75 Å². The minimum absolute atomic E-state index is 0.139. The van der Waals surface area contributed by atoms with Crippen LogP contribution in [-0.2, 0) is 6.42 Å². The van der Waals surface area contributed by atoms with Gasteiger partial charge < -0.3 is 19.4 Å². The second-order valence-electron chi connectivity index (χ2n) is 8.68. The van der Waals surface area contributed by atoms with Gasteiger partial charge in [0, 0.05) is 66.4 Å². The zero-order valence-electron chi connectivity index (χ0n) is 19.8.